The molecule has 0 aliphatic rings. The van der Waals surface area contributed by atoms with Crippen molar-refractivity contribution in [2.24, 2.45) is 0 Å². The molecule has 0 fully saturated rings. The normalized spacial score (nSPS) is 12.7. The van der Waals surface area contributed by atoms with Crippen molar-refractivity contribution in [2.75, 3.05) is 13.2 Å². The number of esters is 1. The summed E-state index contributed by atoms with van der Waals surface area (Å²) < 4.78 is 5.48. The first-order chi connectivity index (χ1) is 34.0. The fourth-order valence-corrected chi connectivity index (χ4v) is 9.69. The molecule has 2 unspecified atom stereocenters. The van der Waals surface area contributed by atoms with Gasteiger partial charge in [0.1, 0.15) is 0 Å². The van der Waals surface area contributed by atoms with Crippen molar-refractivity contribution in [1.29, 1.82) is 0 Å². The summed E-state index contributed by atoms with van der Waals surface area (Å²) in [6.07, 6.45) is 72.2. The molecule has 6 nitrogen and oxygen atoms in total. The number of aliphatic hydroxyl groups is 2. The van der Waals surface area contributed by atoms with Gasteiger partial charge in [0.05, 0.1) is 25.4 Å². The molecule has 0 rings (SSSR count). The Kier molecular flexibility index (Phi) is 57.5. The molecular formula is C63H121NO5. The van der Waals surface area contributed by atoms with Crippen LogP contribution in [0.4, 0.5) is 0 Å². The molecule has 0 aromatic rings. The second kappa shape index (κ2) is 58.9. The van der Waals surface area contributed by atoms with Crippen molar-refractivity contribution in [3.8, 4) is 0 Å². The topological polar surface area (TPSA) is 95.9 Å². The maximum absolute atomic E-state index is 12.4. The Morgan fingerprint density at radius 3 is 1.03 bits per heavy atom. The van der Waals surface area contributed by atoms with Gasteiger partial charge in [0, 0.05) is 12.8 Å². The third-order valence-electron chi connectivity index (χ3n) is 14.5. The second-order valence-corrected chi connectivity index (χ2v) is 21.4. The molecule has 3 N–H and O–H groups in total. The number of amides is 1. The minimum atomic E-state index is -0.842. The van der Waals surface area contributed by atoms with Crippen LogP contribution in [0.2, 0.25) is 0 Å². The van der Waals surface area contributed by atoms with Crippen molar-refractivity contribution in [2.45, 2.75) is 353 Å². The van der Waals surface area contributed by atoms with Crippen LogP contribution in [0.5, 0.6) is 0 Å². The van der Waals surface area contributed by atoms with Crippen molar-refractivity contribution >= 4 is 11.9 Å². The molecule has 0 aliphatic carbocycles. The monoisotopic (exact) mass is 972 g/mol. The predicted molar refractivity (Wildman–Crippen MR) is 301 cm³/mol. The highest BCUT2D eigenvalue weighted by Crippen LogP contribution is 2.18. The largest absolute Gasteiger partial charge is 0.466 e. The van der Waals surface area contributed by atoms with E-state index < -0.39 is 12.1 Å². The molecule has 69 heavy (non-hydrogen) atoms. The highest BCUT2D eigenvalue weighted by Gasteiger charge is 2.18. The highest BCUT2D eigenvalue weighted by atomic mass is 16.5. The van der Waals surface area contributed by atoms with Gasteiger partial charge >= 0.3 is 5.97 Å². The van der Waals surface area contributed by atoms with Crippen LogP contribution in [0, 0.1) is 0 Å². The summed E-state index contributed by atoms with van der Waals surface area (Å²) in [6.45, 7) is 4.90. The van der Waals surface area contributed by atoms with Crippen LogP contribution < -0.4 is 5.32 Å². The fourth-order valence-electron chi connectivity index (χ4n) is 9.69. The van der Waals surface area contributed by atoms with Gasteiger partial charge < -0.3 is 20.3 Å². The molecule has 0 radical (unpaired) electrons. The van der Waals surface area contributed by atoms with Crippen LogP contribution in [0.3, 0.4) is 0 Å². The van der Waals surface area contributed by atoms with Gasteiger partial charge in [0.25, 0.3) is 0 Å². The van der Waals surface area contributed by atoms with Gasteiger partial charge in [-0.2, -0.15) is 0 Å². The molecule has 0 aromatic carbocycles. The Labute approximate surface area is 431 Å². The number of rotatable bonds is 58. The van der Waals surface area contributed by atoms with E-state index in [1.165, 1.54) is 270 Å². The van der Waals surface area contributed by atoms with Gasteiger partial charge in [-0.05, 0) is 57.8 Å². The Balaban J connectivity index is 3.37. The number of carbonyl (C=O) groups excluding carboxylic acids is 2. The highest BCUT2D eigenvalue weighted by molar-refractivity contribution is 5.76. The van der Waals surface area contributed by atoms with Crippen molar-refractivity contribution in [3.05, 3.63) is 24.3 Å². The molecule has 0 aromatic heterocycles. The molecule has 0 spiro atoms. The van der Waals surface area contributed by atoms with E-state index in [1.54, 1.807) is 6.08 Å². The van der Waals surface area contributed by atoms with Crippen LogP contribution >= 0.6 is 0 Å². The van der Waals surface area contributed by atoms with Crippen molar-refractivity contribution in [1.82, 2.24) is 5.32 Å². The Morgan fingerprint density at radius 1 is 0.391 bits per heavy atom. The third kappa shape index (κ3) is 55.5. The zero-order valence-corrected chi connectivity index (χ0v) is 46.6. The first-order valence-corrected chi connectivity index (χ1v) is 31.1. The van der Waals surface area contributed by atoms with Gasteiger partial charge in [-0.25, -0.2) is 0 Å². The Hall–Kier alpha value is -1.66. The average Bonchev–Trinajstić information content (AvgIpc) is 3.35. The summed E-state index contributed by atoms with van der Waals surface area (Å²) in [5, 5.41) is 23.1. The van der Waals surface area contributed by atoms with E-state index in [1.807, 2.05) is 6.08 Å². The number of unbranched alkanes of at least 4 members (excludes halogenated alkanes) is 45. The van der Waals surface area contributed by atoms with Gasteiger partial charge in [-0.15, -0.1) is 0 Å². The second-order valence-electron chi connectivity index (χ2n) is 21.4. The number of ether oxygens (including phenoxy) is 1. The summed E-state index contributed by atoms with van der Waals surface area (Å²) in [7, 11) is 0. The van der Waals surface area contributed by atoms with Gasteiger partial charge in [0.15, 0.2) is 0 Å². The number of hydrogen-bond donors (Lipinski definition) is 3. The molecule has 0 bridgehead atoms. The Morgan fingerprint density at radius 2 is 0.681 bits per heavy atom. The van der Waals surface area contributed by atoms with Crippen LogP contribution in [-0.2, 0) is 14.3 Å². The standard InChI is InChI=1S/C63H121NO5/c1-3-5-7-9-11-13-15-17-33-37-41-45-49-53-57-63(68)69-58-54-50-46-42-38-34-30-28-26-24-22-20-18-19-21-23-25-27-29-32-36-40-44-48-52-56-62(67)64-60(59-65)61(66)55-51-47-43-39-35-31-16-14-12-10-8-6-4-2/h15,17,51,55,60-61,65-66H,3-14,16,18-50,52-54,56-59H2,1-2H3,(H,64,67)/b17-15-,55-51+. The number of hydrogen-bond acceptors (Lipinski definition) is 5. The minimum Gasteiger partial charge on any atom is -0.466 e. The zero-order chi connectivity index (χ0) is 50.0. The lowest BCUT2D eigenvalue weighted by atomic mass is 10.0. The van der Waals surface area contributed by atoms with Gasteiger partial charge in [0.2, 0.25) is 5.91 Å². The number of allylic oxidation sites excluding steroid dienone is 3. The summed E-state index contributed by atoms with van der Waals surface area (Å²) >= 11 is 0. The maximum Gasteiger partial charge on any atom is 0.305 e. The lowest BCUT2D eigenvalue weighted by molar-refractivity contribution is -0.143. The smallest absolute Gasteiger partial charge is 0.305 e. The third-order valence-corrected chi connectivity index (χ3v) is 14.5. The molecule has 0 aliphatic heterocycles. The van der Waals surface area contributed by atoms with Crippen LogP contribution in [0.1, 0.15) is 341 Å². The van der Waals surface area contributed by atoms with E-state index in [0.29, 0.717) is 19.4 Å². The number of carbonyl (C=O) groups is 2. The van der Waals surface area contributed by atoms with Crippen molar-refractivity contribution in [3.63, 3.8) is 0 Å². The molecular weight excluding hydrogens is 851 g/mol. The van der Waals surface area contributed by atoms with E-state index in [9.17, 15) is 19.8 Å². The first kappa shape index (κ1) is 67.3. The molecule has 6 heteroatoms. The molecule has 0 saturated heterocycles. The van der Waals surface area contributed by atoms with Crippen LogP contribution in [-0.4, -0.2) is 47.4 Å². The SMILES string of the molecule is CCCCCCC/C=C\CCCCCCCC(=O)OCCCCCCCCCCCCCCCCCCCCCCCCCCCC(=O)NC(CO)C(O)/C=C/CCCCCCCCCCCCC. The molecule has 1 amide bonds. The summed E-state index contributed by atoms with van der Waals surface area (Å²) in [6, 6.07) is -0.625. The van der Waals surface area contributed by atoms with Gasteiger partial charge in [-0.1, -0.05) is 295 Å². The first-order valence-electron chi connectivity index (χ1n) is 31.1. The van der Waals surface area contributed by atoms with E-state index in [4.69, 9.17) is 4.74 Å². The Bertz CT molecular complexity index is 1080. The fraction of sp³-hybridized carbons (Fsp3) is 0.905. The molecule has 0 saturated carbocycles. The summed E-state index contributed by atoms with van der Waals surface area (Å²) in [4.78, 5) is 24.5. The van der Waals surface area contributed by atoms with Gasteiger partial charge in [-0.3, -0.25) is 9.59 Å². The van der Waals surface area contributed by atoms with E-state index in [-0.39, 0.29) is 18.5 Å². The summed E-state index contributed by atoms with van der Waals surface area (Å²) in [5.41, 5.74) is 0. The molecule has 0 heterocycles. The number of aliphatic hydroxyl groups excluding tert-OH is 2. The van der Waals surface area contributed by atoms with Crippen LogP contribution in [0.25, 0.3) is 0 Å². The molecule has 408 valence electrons. The van der Waals surface area contributed by atoms with E-state index in [0.717, 1.165) is 44.9 Å². The van der Waals surface area contributed by atoms with E-state index >= 15 is 0 Å². The maximum atomic E-state index is 12.4. The van der Waals surface area contributed by atoms with Crippen molar-refractivity contribution < 1.29 is 24.5 Å². The molecule has 2 atom stereocenters. The average molecular weight is 973 g/mol. The lowest BCUT2D eigenvalue weighted by Gasteiger charge is -2.20. The van der Waals surface area contributed by atoms with Crippen LogP contribution in [0.15, 0.2) is 24.3 Å². The zero-order valence-electron chi connectivity index (χ0n) is 46.6. The summed E-state index contributed by atoms with van der Waals surface area (Å²) in [5.74, 6) is -0.0578. The van der Waals surface area contributed by atoms with E-state index in [2.05, 4.69) is 31.3 Å². The lowest BCUT2D eigenvalue weighted by Crippen LogP contribution is -2.45. The minimum absolute atomic E-state index is 0.00759. The quantitative estimate of drug-likeness (QED) is 0.0321. The number of nitrogens with one attached hydrogen (secondary N) is 1. The predicted octanol–water partition coefficient (Wildman–Crippen LogP) is 19.4.